The molecule has 7 heteroatoms. The fourth-order valence-corrected chi connectivity index (χ4v) is 3.43. The van der Waals surface area contributed by atoms with E-state index in [9.17, 15) is 9.59 Å². The first-order valence-corrected chi connectivity index (χ1v) is 10.0. The molecule has 1 unspecified atom stereocenters. The maximum atomic E-state index is 13.2. The number of fused-ring (bicyclic) bond motifs is 1. The lowest BCUT2D eigenvalue weighted by Gasteiger charge is -2.34. The number of para-hydroxylation sites is 2. The molecule has 1 aliphatic heterocycles. The number of rotatable bonds is 5. The van der Waals surface area contributed by atoms with Crippen LogP contribution in [0, 0.1) is 0 Å². The molecule has 0 fully saturated rings. The van der Waals surface area contributed by atoms with E-state index in [4.69, 9.17) is 27.9 Å². The molecule has 3 rings (SSSR count). The summed E-state index contributed by atoms with van der Waals surface area (Å²) in [6.07, 6.45) is 0.872. The number of halogens is 2. The lowest BCUT2D eigenvalue weighted by Crippen LogP contribution is -2.52. The number of ether oxygens (including phenoxy) is 1. The van der Waals surface area contributed by atoms with Crippen molar-refractivity contribution in [3.8, 4) is 5.75 Å². The number of carbonyl (C=O) groups excluding carboxylic acids is 2. The molecule has 0 radical (unpaired) electrons. The Labute approximate surface area is 174 Å². The van der Waals surface area contributed by atoms with E-state index in [1.165, 1.54) is 6.07 Å². The fraction of sp³-hybridized carbons (Fsp3) is 0.333. The predicted octanol–water partition coefficient (Wildman–Crippen LogP) is 4.71. The van der Waals surface area contributed by atoms with E-state index >= 15 is 0 Å². The van der Waals surface area contributed by atoms with Gasteiger partial charge in [0.25, 0.3) is 11.8 Å². The van der Waals surface area contributed by atoms with Gasteiger partial charge in [0.1, 0.15) is 5.75 Å². The number of nitrogens with one attached hydrogen (secondary N) is 1. The molecular formula is C21H22Cl2N2O3. The summed E-state index contributed by atoms with van der Waals surface area (Å²) in [6, 6.07) is 12.0. The van der Waals surface area contributed by atoms with Gasteiger partial charge in [-0.1, -0.05) is 49.2 Å². The summed E-state index contributed by atoms with van der Waals surface area (Å²) in [5, 5.41) is 3.67. The molecule has 148 valence electrons. The van der Waals surface area contributed by atoms with Crippen LogP contribution in [0.5, 0.6) is 5.75 Å². The summed E-state index contributed by atoms with van der Waals surface area (Å²) < 4.78 is 5.89. The Morgan fingerprint density at radius 1 is 1.14 bits per heavy atom. The summed E-state index contributed by atoms with van der Waals surface area (Å²) in [5.74, 6) is -0.00310. The number of benzene rings is 2. The number of hydrogen-bond acceptors (Lipinski definition) is 3. The first-order chi connectivity index (χ1) is 13.4. The largest absolute Gasteiger partial charge is 0.477 e. The fourth-order valence-electron chi connectivity index (χ4n) is 3.14. The topological polar surface area (TPSA) is 58.6 Å². The minimum atomic E-state index is -0.790. The molecule has 5 nitrogen and oxygen atoms in total. The van der Waals surface area contributed by atoms with Crippen molar-refractivity contribution in [2.45, 2.75) is 38.8 Å². The lowest BCUT2D eigenvalue weighted by atomic mass is 10.1. The zero-order valence-corrected chi connectivity index (χ0v) is 17.3. The van der Waals surface area contributed by atoms with E-state index in [0.717, 1.165) is 12.8 Å². The molecule has 0 bridgehead atoms. The zero-order valence-electron chi connectivity index (χ0n) is 15.7. The van der Waals surface area contributed by atoms with Gasteiger partial charge >= 0.3 is 0 Å². The Balaban J connectivity index is 1.90. The molecule has 2 aromatic carbocycles. The molecule has 1 atom stereocenters. The van der Waals surface area contributed by atoms with Crippen LogP contribution in [0.25, 0.3) is 0 Å². The van der Waals surface area contributed by atoms with E-state index in [-0.39, 0.29) is 24.4 Å². The number of anilines is 1. The van der Waals surface area contributed by atoms with Crippen molar-refractivity contribution < 1.29 is 14.3 Å². The smallest absolute Gasteiger partial charge is 0.263 e. The Morgan fingerprint density at radius 2 is 1.86 bits per heavy atom. The van der Waals surface area contributed by atoms with Gasteiger partial charge in [0.15, 0.2) is 6.10 Å². The number of carbonyl (C=O) groups is 2. The molecule has 0 aromatic heterocycles. The van der Waals surface area contributed by atoms with Gasteiger partial charge < -0.3 is 15.0 Å². The Hall–Kier alpha value is -2.24. The summed E-state index contributed by atoms with van der Waals surface area (Å²) in [5.41, 5.74) is 1.01. The van der Waals surface area contributed by atoms with Crippen LogP contribution in [0.3, 0.4) is 0 Å². The highest BCUT2D eigenvalue weighted by molar-refractivity contribution is 6.42. The van der Waals surface area contributed by atoms with E-state index in [0.29, 0.717) is 27.0 Å². The number of amides is 2. The van der Waals surface area contributed by atoms with Gasteiger partial charge in [0, 0.05) is 11.6 Å². The molecule has 0 saturated carbocycles. The van der Waals surface area contributed by atoms with Crippen molar-refractivity contribution in [2.75, 3.05) is 11.4 Å². The molecule has 1 aliphatic rings. The molecular weight excluding hydrogens is 399 g/mol. The lowest BCUT2D eigenvalue weighted by molar-refractivity contribution is -0.128. The van der Waals surface area contributed by atoms with Crippen LogP contribution in [0.15, 0.2) is 42.5 Å². The second-order valence-corrected chi connectivity index (χ2v) is 7.46. The van der Waals surface area contributed by atoms with Crippen LogP contribution in [-0.4, -0.2) is 30.5 Å². The third-order valence-corrected chi connectivity index (χ3v) is 5.55. The third kappa shape index (κ3) is 4.26. The maximum absolute atomic E-state index is 13.2. The van der Waals surface area contributed by atoms with E-state index < -0.39 is 6.10 Å². The average molecular weight is 421 g/mol. The highest BCUT2D eigenvalue weighted by Gasteiger charge is 2.34. The Morgan fingerprint density at radius 3 is 2.54 bits per heavy atom. The maximum Gasteiger partial charge on any atom is 0.263 e. The van der Waals surface area contributed by atoms with Gasteiger partial charge in [-0.3, -0.25) is 9.59 Å². The summed E-state index contributed by atoms with van der Waals surface area (Å²) in [7, 11) is 0. The van der Waals surface area contributed by atoms with Crippen molar-refractivity contribution in [2.24, 2.45) is 0 Å². The van der Waals surface area contributed by atoms with Crippen LogP contribution in [0.4, 0.5) is 5.69 Å². The second-order valence-electron chi connectivity index (χ2n) is 6.64. The summed E-state index contributed by atoms with van der Waals surface area (Å²) in [6.45, 7) is 4.15. The van der Waals surface area contributed by atoms with E-state index in [1.54, 1.807) is 29.2 Å². The van der Waals surface area contributed by atoms with Gasteiger partial charge in [-0.15, -0.1) is 0 Å². The van der Waals surface area contributed by atoms with Crippen molar-refractivity contribution >= 4 is 40.7 Å². The minimum absolute atomic E-state index is 0.0764. The molecule has 1 N–H and O–H groups in total. The van der Waals surface area contributed by atoms with Crippen LogP contribution < -0.4 is 15.0 Å². The monoisotopic (exact) mass is 420 g/mol. The molecule has 0 saturated heterocycles. The first kappa shape index (κ1) is 20.5. The highest BCUT2D eigenvalue weighted by atomic mass is 35.5. The molecule has 28 heavy (non-hydrogen) atoms. The summed E-state index contributed by atoms with van der Waals surface area (Å²) in [4.78, 5) is 27.4. The van der Waals surface area contributed by atoms with Crippen molar-refractivity contribution in [3.05, 3.63) is 58.1 Å². The normalized spacial score (nSPS) is 15.8. The minimum Gasteiger partial charge on any atom is -0.477 e. The number of nitrogens with zero attached hydrogens (tertiary/aromatic N) is 1. The molecule has 0 aliphatic carbocycles. The number of hydrogen-bond donors (Lipinski definition) is 1. The van der Waals surface area contributed by atoms with Crippen LogP contribution >= 0.6 is 23.2 Å². The van der Waals surface area contributed by atoms with Crippen molar-refractivity contribution in [1.29, 1.82) is 0 Å². The molecule has 2 amide bonds. The zero-order chi connectivity index (χ0) is 20.3. The van der Waals surface area contributed by atoms with Gasteiger partial charge in [0.05, 0.1) is 22.3 Å². The first-order valence-electron chi connectivity index (χ1n) is 9.27. The van der Waals surface area contributed by atoms with Crippen LogP contribution in [-0.2, 0) is 4.79 Å². The van der Waals surface area contributed by atoms with Gasteiger partial charge in [-0.2, -0.15) is 0 Å². The highest BCUT2D eigenvalue weighted by Crippen LogP contribution is 2.34. The molecule has 2 aromatic rings. The summed E-state index contributed by atoms with van der Waals surface area (Å²) >= 11 is 12.0. The second kappa shape index (κ2) is 8.84. The van der Waals surface area contributed by atoms with Crippen LogP contribution in [0.2, 0.25) is 10.0 Å². The van der Waals surface area contributed by atoms with Crippen LogP contribution in [0.1, 0.15) is 37.0 Å². The van der Waals surface area contributed by atoms with Gasteiger partial charge in [0.2, 0.25) is 0 Å². The van der Waals surface area contributed by atoms with E-state index in [2.05, 4.69) is 5.32 Å². The average Bonchev–Trinajstić information content (AvgIpc) is 2.72. The van der Waals surface area contributed by atoms with Crippen molar-refractivity contribution in [3.63, 3.8) is 0 Å². The molecule has 1 heterocycles. The van der Waals surface area contributed by atoms with Gasteiger partial charge in [-0.05, 0) is 43.2 Å². The third-order valence-electron chi connectivity index (χ3n) is 4.81. The standard InChI is InChI=1S/C21H22Cl2N2O3/c1-3-14(4-2)24-20(26)19-12-25(17-7-5-6-8-18(17)28-19)21(27)13-9-10-15(22)16(23)11-13/h5-11,14,19H,3-4,12H2,1-2H3,(H,24,26). The molecule has 0 spiro atoms. The predicted molar refractivity (Wildman–Crippen MR) is 112 cm³/mol. The van der Waals surface area contributed by atoms with E-state index in [1.807, 2.05) is 26.0 Å². The van der Waals surface area contributed by atoms with Crippen molar-refractivity contribution in [1.82, 2.24) is 5.32 Å². The Bertz CT molecular complexity index is 884. The quantitative estimate of drug-likeness (QED) is 0.761. The Kier molecular flexibility index (Phi) is 6.47. The SMILES string of the molecule is CCC(CC)NC(=O)C1CN(C(=O)c2ccc(Cl)c(Cl)c2)c2ccccc2O1. The van der Waals surface area contributed by atoms with Gasteiger partial charge in [-0.25, -0.2) is 0 Å².